The molecule has 0 bridgehead atoms. The van der Waals surface area contributed by atoms with Gasteiger partial charge in [0.05, 0.1) is 9.92 Å². The van der Waals surface area contributed by atoms with E-state index in [4.69, 9.17) is 16.3 Å². The minimum Gasteiger partial charge on any atom is -0.482 e. The first-order chi connectivity index (χ1) is 14.8. The van der Waals surface area contributed by atoms with Gasteiger partial charge in [0, 0.05) is 32.2 Å². The van der Waals surface area contributed by atoms with Crippen molar-refractivity contribution in [3.63, 3.8) is 0 Å². The number of benzene rings is 2. The van der Waals surface area contributed by atoms with Gasteiger partial charge < -0.3 is 14.5 Å². The standard InChI is InChI=1S/C22H28ClN3O4S/c1-3-25-11-13-26(14-12-25)22(27)16-30-21-10-9-19(15-20(21)23)31(28,29)24-17(2)18-7-5-4-6-8-18/h4-10,15,17,24H,3,11-14,16H2,1-2H3. The molecule has 2 aromatic rings. The van der Waals surface area contributed by atoms with Crippen LogP contribution in [-0.2, 0) is 14.8 Å². The Hall–Kier alpha value is -2.13. The van der Waals surface area contributed by atoms with Crippen molar-refractivity contribution in [2.24, 2.45) is 0 Å². The molecular weight excluding hydrogens is 438 g/mol. The fourth-order valence-electron chi connectivity index (χ4n) is 3.42. The Balaban J connectivity index is 1.59. The number of nitrogens with one attached hydrogen (secondary N) is 1. The number of carbonyl (C=O) groups excluding carboxylic acids is 1. The van der Waals surface area contributed by atoms with Crippen LogP contribution in [0.3, 0.4) is 0 Å². The smallest absolute Gasteiger partial charge is 0.260 e. The predicted molar refractivity (Wildman–Crippen MR) is 121 cm³/mol. The third kappa shape index (κ3) is 6.20. The molecule has 1 fully saturated rings. The Labute approximate surface area is 189 Å². The molecule has 1 aliphatic rings. The molecule has 7 nitrogen and oxygen atoms in total. The molecule has 0 saturated carbocycles. The minimum atomic E-state index is -3.77. The van der Waals surface area contributed by atoms with Gasteiger partial charge in [-0.15, -0.1) is 0 Å². The van der Waals surface area contributed by atoms with Gasteiger partial charge in [0.15, 0.2) is 6.61 Å². The zero-order valence-corrected chi connectivity index (χ0v) is 19.3. The van der Waals surface area contributed by atoms with Gasteiger partial charge in [0.25, 0.3) is 5.91 Å². The van der Waals surface area contributed by atoms with Crippen molar-refractivity contribution >= 4 is 27.5 Å². The van der Waals surface area contributed by atoms with E-state index in [2.05, 4.69) is 16.5 Å². The van der Waals surface area contributed by atoms with Crippen LogP contribution in [0.15, 0.2) is 53.4 Å². The van der Waals surface area contributed by atoms with Crippen molar-refractivity contribution in [2.45, 2.75) is 24.8 Å². The van der Waals surface area contributed by atoms with Crippen LogP contribution in [-0.4, -0.2) is 63.5 Å². The van der Waals surface area contributed by atoms with Crippen LogP contribution in [0.25, 0.3) is 0 Å². The van der Waals surface area contributed by atoms with Crippen LogP contribution >= 0.6 is 11.6 Å². The summed E-state index contributed by atoms with van der Waals surface area (Å²) in [5, 5.41) is 0.138. The molecule has 1 atom stereocenters. The summed E-state index contributed by atoms with van der Waals surface area (Å²) < 4.78 is 33.7. The van der Waals surface area contributed by atoms with Crippen molar-refractivity contribution in [3.8, 4) is 5.75 Å². The third-order valence-electron chi connectivity index (χ3n) is 5.37. The zero-order chi connectivity index (χ0) is 22.4. The van der Waals surface area contributed by atoms with Crippen LogP contribution in [0, 0.1) is 0 Å². The lowest BCUT2D eigenvalue weighted by Gasteiger charge is -2.33. The lowest BCUT2D eigenvalue weighted by atomic mass is 10.1. The maximum absolute atomic E-state index is 12.7. The average molecular weight is 466 g/mol. The van der Waals surface area contributed by atoms with Crippen LogP contribution in [0.2, 0.25) is 5.02 Å². The molecule has 1 N–H and O–H groups in total. The number of sulfonamides is 1. The highest BCUT2D eigenvalue weighted by atomic mass is 35.5. The molecule has 1 saturated heterocycles. The maximum atomic E-state index is 12.7. The zero-order valence-electron chi connectivity index (χ0n) is 17.8. The highest BCUT2D eigenvalue weighted by Crippen LogP contribution is 2.28. The van der Waals surface area contributed by atoms with Gasteiger partial charge in [0.1, 0.15) is 5.75 Å². The number of nitrogens with zero attached hydrogens (tertiary/aromatic N) is 2. The summed E-state index contributed by atoms with van der Waals surface area (Å²) in [6.07, 6.45) is 0. The largest absolute Gasteiger partial charge is 0.482 e. The number of hydrogen-bond donors (Lipinski definition) is 1. The minimum absolute atomic E-state index is 0.0367. The number of ether oxygens (including phenoxy) is 1. The molecular formula is C22H28ClN3O4S. The predicted octanol–water partition coefficient (Wildman–Crippen LogP) is 2.92. The summed E-state index contributed by atoms with van der Waals surface area (Å²) in [5.41, 5.74) is 0.857. The quantitative estimate of drug-likeness (QED) is 0.648. The van der Waals surface area contributed by atoms with Crippen molar-refractivity contribution in [1.29, 1.82) is 0 Å². The number of likely N-dealkylation sites (N-methyl/N-ethyl adjacent to an activating group) is 1. The molecule has 9 heteroatoms. The molecule has 31 heavy (non-hydrogen) atoms. The second-order valence-corrected chi connectivity index (χ2v) is 9.57. The molecule has 0 aliphatic carbocycles. The third-order valence-corrected chi connectivity index (χ3v) is 7.20. The van der Waals surface area contributed by atoms with Crippen LogP contribution < -0.4 is 9.46 Å². The van der Waals surface area contributed by atoms with E-state index in [1.54, 1.807) is 11.8 Å². The first-order valence-electron chi connectivity index (χ1n) is 10.3. The van der Waals surface area contributed by atoms with Gasteiger partial charge >= 0.3 is 0 Å². The van der Waals surface area contributed by atoms with E-state index in [0.29, 0.717) is 13.1 Å². The number of rotatable bonds is 8. The Morgan fingerprint density at radius 2 is 1.81 bits per heavy atom. The number of halogens is 1. The normalized spacial score (nSPS) is 16.2. The molecule has 1 aliphatic heterocycles. The second kappa shape index (κ2) is 10.5. The van der Waals surface area contributed by atoms with E-state index in [0.717, 1.165) is 25.2 Å². The van der Waals surface area contributed by atoms with Gasteiger partial charge in [-0.25, -0.2) is 13.1 Å². The van der Waals surface area contributed by atoms with Crippen LogP contribution in [0.4, 0.5) is 0 Å². The first-order valence-corrected chi connectivity index (χ1v) is 12.2. The Kier molecular flexibility index (Phi) is 7.94. The lowest BCUT2D eigenvalue weighted by Crippen LogP contribution is -2.49. The molecule has 0 aromatic heterocycles. The number of piperazine rings is 1. The molecule has 0 radical (unpaired) electrons. The van der Waals surface area contributed by atoms with Gasteiger partial charge in [0.2, 0.25) is 10.0 Å². The van der Waals surface area contributed by atoms with Gasteiger partial charge in [-0.2, -0.15) is 0 Å². The second-order valence-electron chi connectivity index (χ2n) is 7.45. The highest BCUT2D eigenvalue weighted by Gasteiger charge is 2.22. The van der Waals surface area contributed by atoms with E-state index < -0.39 is 16.1 Å². The summed E-state index contributed by atoms with van der Waals surface area (Å²) in [6.45, 7) is 7.76. The molecule has 1 heterocycles. The fraction of sp³-hybridized carbons (Fsp3) is 0.409. The van der Waals surface area contributed by atoms with Crippen molar-refractivity contribution in [3.05, 3.63) is 59.1 Å². The van der Waals surface area contributed by atoms with Crippen LogP contribution in [0.1, 0.15) is 25.5 Å². The topological polar surface area (TPSA) is 79.0 Å². The molecule has 1 amide bonds. The van der Waals surface area contributed by atoms with Gasteiger partial charge in [-0.05, 0) is 37.2 Å². The summed E-state index contributed by atoms with van der Waals surface area (Å²) >= 11 is 6.25. The first kappa shape index (κ1) is 23.5. The van der Waals surface area contributed by atoms with E-state index in [1.165, 1.54) is 18.2 Å². The summed E-state index contributed by atoms with van der Waals surface area (Å²) in [5.74, 6) is 0.166. The molecule has 0 spiro atoms. The fourth-order valence-corrected chi connectivity index (χ4v) is 4.98. The Morgan fingerprint density at radius 1 is 1.13 bits per heavy atom. The maximum Gasteiger partial charge on any atom is 0.260 e. The highest BCUT2D eigenvalue weighted by molar-refractivity contribution is 7.89. The van der Waals surface area contributed by atoms with E-state index >= 15 is 0 Å². The van der Waals surface area contributed by atoms with E-state index in [1.807, 2.05) is 30.3 Å². The van der Waals surface area contributed by atoms with E-state index in [9.17, 15) is 13.2 Å². The van der Waals surface area contributed by atoms with Crippen molar-refractivity contribution in [1.82, 2.24) is 14.5 Å². The van der Waals surface area contributed by atoms with Crippen LogP contribution in [0.5, 0.6) is 5.75 Å². The Morgan fingerprint density at radius 3 is 2.42 bits per heavy atom. The SMILES string of the molecule is CCN1CCN(C(=O)COc2ccc(S(=O)(=O)NC(C)c3ccccc3)cc2Cl)CC1. The molecule has 168 valence electrons. The Bertz CT molecular complexity index is 993. The van der Waals surface area contributed by atoms with Gasteiger partial charge in [-0.1, -0.05) is 48.9 Å². The summed E-state index contributed by atoms with van der Waals surface area (Å²) in [4.78, 5) is 16.5. The lowest BCUT2D eigenvalue weighted by molar-refractivity contribution is -0.135. The summed E-state index contributed by atoms with van der Waals surface area (Å²) in [7, 11) is -3.77. The average Bonchev–Trinajstić information content (AvgIpc) is 2.78. The molecule has 1 unspecified atom stereocenters. The molecule has 3 rings (SSSR count). The van der Waals surface area contributed by atoms with Gasteiger partial charge in [-0.3, -0.25) is 4.79 Å². The van der Waals surface area contributed by atoms with Crippen molar-refractivity contribution in [2.75, 3.05) is 39.3 Å². The number of hydrogen-bond acceptors (Lipinski definition) is 5. The molecule has 2 aromatic carbocycles. The monoisotopic (exact) mass is 465 g/mol. The van der Waals surface area contributed by atoms with Crippen molar-refractivity contribution < 1.29 is 17.9 Å². The van der Waals surface area contributed by atoms with E-state index in [-0.39, 0.29) is 28.2 Å². The summed E-state index contributed by atoms with van der Waals surface area (Å²) in [6, 6.07) is 13.1. The number of carbonyl (C=O) groups is 1. The number of amides is 1.